The van der Waals surface area contributed by atoms with Crippen LogP contribution in [0.2, 0.25) is 10.0 Å². The molecule has 0 amide bonds. The first-order chi connectivity index (χ1) is 13.4. The Hall–Kier alpha value is -2.86. The second kappa shape index (κ2) is 5.82. The number of carbonyl (C=O) groups is 3. The molecule has 0 aromatic heterocycles. The number of hydrogen-bond acceptors (Lipinski definition) is 5. The lowest BCUT2D eigenvalue weighted by Gasteiger charge is -2.31. The smallest absolute Gasteiger partial charge is 0.197 e. The number of hydrogen-bond donors (Lipinski definition) is 1. The minimum atomic E-state index is -0.895. The van der Waals surface area contributed by atoms with E-state index in [4.69, 9.17) is 28.9 Å². The molecule has 2 N–H and O–H groups in total. The number of carbonyl (C=O) groups excluding carboxylic acids is 3. The van der Waals surface area contributed by atoms with E-state index in [2.05, 4.69) is 4.99 Å². The second-order valence-electron chi connectivity index (χ2n) is 6.67. The first-order valence-corrected chi connectivity index (χ1v) is 9.17. The molecule has 28 heavy (non-hydrogen) atoms. The van der Waals surface area contributed by atoms with Gasteiger partial charge in [-0.05, 0) is 18.2 Å². The normalized spacial score (nSPS) is 20.1. The molecule has 1 heterocycles. The van der Waals surface area contributed by atoms with Crippen LogP contribution in [0.25, 0.3) is 0 Å². The molecule has 0 saturated heterocycles. The average Bonchev–Trinajstić information content (AvgIpc) is 2.67. The van der Waals surface area contributed by atoms with Crippen LogP contribution >= 0.6 is 23.2 Å². The fraction of sp³-hybridized carbons (Fsp3) is 0.0476. The van der Waals surface area contributed by atoms with Gasteiger partial charge in [0.05, 0.1) is 33.6 Å². The van der Waals surface area contributed by atoms with Gasteiger partial charge in [0.1, 0.15) is 0 Å². The Labute approximate surface area is 169 Å². The summed E-state index contributed by atoms with van der Waals surface area (Å²) in [5.41, 5.74) is 7.73. The molecule has 1 unspecified atom stereocenters. The first-order valence-electron chi connectivity index (χ1n) is 8.41. The van der Waals surface area contributed by atoms with Gasteiger partial charge in [-0.25, -0.2) is 4.99 Å². The summed E-state index contributed by atoms with van der Waals surface area (Å²) >= 11 is 12.3. The van der Waals surface area contributed by atoms with Crippen molar-refractivity contribution in [2.45, 2.75) is 6.04 Å². The SMILES string of the molecule is NC1C=C2C(=O)c3cc(Cl)cc(Cl)c3N=C2C2=C1C(=O)c1ccccc1C2=O. The van der Waals surface area contributed by atoms with Crippen molar-refractivity contribution in [1.29, 1.82) is 0 Å². The maximum Gasteiger partial charge on any atom is 0.197 e. The number of benzene rings is 2. The number of nitrogens with zero attached hydrogens (tertiary/aromatic N) is 1. The number of Topliss-reactive ketones (excluding diaryl/α,β-unsaturated/α-hetero) is 3. The van der Waals surface area contributed by atoms with E-state index in [-0.39, 0.29) is 61.6 Å². The van der Waals surface area contributed by atoms with Gasteiger partial charge in [0.25, 0.3) is 0 Å². The Kier molecular flexibility index (Phi) is 3.58. The van der Waals surface area contributed by atoms with E-state index in [9.17, 15) is 14.4 Å². The van der Waals surface area contributed by atoms with Crippen molar-refractivity contribution in [3.63, 3.8) is 0 Å². The Bertz CT molecular complexity index is 1250. The lowest BCUT2D eigenvalue weighted by atomic mass is 9.73. The van der Waals surface area contributed by atoms with Crippen molar-refractivity contribution in [2.75, 3.05) is 0 Å². The molecule has 0 bridgehead atoms. The maximum atomic E-state index is 13.2. The van der Waals surface area contributed by atoms with Crippen LogP contribution in [0.15, 0.2) is 64.2 Å². The summed E-state index contributed by atoms with van der Waals surface area (Å²) in [6.45, 7) is 0. The van der Waals surface area contributed by atoms with Crippen LogP contribution in [0.4, 0.5) is 5.69 Å². The van der Waals surface area contributed by atoms with E-state index in [0.29, 0.717) is 10.6 Å². The van der Waals surface area contributed by atoms with E-state index >= 15 is 0 Å². The Balaban J connectivity index is 1.82. The second-order valence-corrected chi connectivity index (χ2v) is 7.52. The van der Waals surface area contributed by atoms with E-state index < -0.39 is 6.04 Å². The molecule has 2 aliphatic carbocycles. The summed E-state index contributed by atoms with van der Waals surface area (Å²) in [4.78, 5) is 43.8. The molecule has 3 aliphatic rings. The van der Waals surface area contributed by atoms with Crippen LogP contribution in [0.3, 0.4) is 0 Å². The number of nitrogens with two attached hydrogens (primary N) is 1. The molecular weight excluding hydrogens is 399 g/mol. The summed E-state index contributed by atoms with van der Waals surface area (Å²) in [7, 11) is 0. The molecule has 1 atom stereocenters. The fourth-order valence-corrected chi connectivity index (χ4v) is 4.37. The fourth-order valence-electron chi connectivity index (χ4n) is 3.83. The zero-order valence-corrected chi connectivity index (χ0v) is 15.6. The van der Waals surface area contributed by atoms with E-state index in [1.807, 2.05) is 0 Å². The van der Waals surface area contributed by atoms with Crippen molar-refractivity contribution < 1.29 is 14.4 Å². The molecule has 1 aliphatic heterocycles. The summed E-state index contributed by atoms with van der Waals surface area (Å²) in [6.07, 6.45) is 1.47. The Morgan fingerprint density at radius 1 is 0.893 bits per heavy atom. The van der Waals surface area contributed by atoms with E-state index in [1.165, 1.54) is 18.2 Å². The van der Waals surface area contributed by atoms with Gasteiger partial charge in [0.2, 0.25) is 0 Å². The zero-order chi connectivity index (χ0) is 19.7. The topological polar surface area (TPSA) is 89.6 Å². The summed E-state index contributed by atoms with van der Waals surface area (Å²) in [5, 5.41) is 0.489. The van der Waals surface area contributed by atoms with Crippen LogP contribution < -0.4 is 5.73 Å². The summed E-state index contributed by atoms with van der Waals surface area (Å²) in [6, 6.07) is 8.59. The highest BCUT2D eigenvalue weighted by Crippen LogP contribution is 2.42. The highest BCUT2D eigenvalue weighted by Gasteiger charge is 2.43. The van der Waals surface area contributed by atoms with Crippen LogP contribution in [0.1, 0.15) is 31.1 Å². The van der Waals surface area contributed by atoms with Gasteiger partial charge in [0.15, 0.2) is 17.3 Å². The van der Waals surface area contributed by atoms with Gasteiger partial charge in [-0.15, -0.1) is 0 Å². The van der Waals surface area contributed by atoms with E-state index in [1.54, 1.807) is 24.3 Å². The minimum absolute atomic E-state index is 0.0683. The predicted molar refractivity (Wildman–Crippen MR) is 106 cm³/mol. The minimum Gasteiger partial charge on any atom is -0.321 e. The quantitative estimate of drug-likeness (QED) is 0.715. The van der Waals surface area contributed by atoms with Gasteiger partial charge < -0.3 is 5.73 Å². The molecule has 136 valence electrons. The van der Waals surface area contributed by atoms with Gasteiger partial charge in [-0.2, -0.15) is 0 Å². The van der Waals surface area contributed by atoms with Gasteiger partial charge in [0, 0.05) is 27.3 Å². The lowest BCUT2D eigenvalue weighted by Crippen LogP contribution is -2.41. The van der Waals surface area contributed by atoms with Crippen LogP contribution in [0, 0.1) is 0 Å². The third-order valence-corrected chi connectivity index (χ3v) is 5.58. The molecule has 0 spiro atoms. The van der Waals surface area contributed by atoms with Crippen LogP contribution in [-0.2, 0) is 0 Å². The highest BCUT2D eigenvalue weighted by molar-refractivity contribution is 6.49. The number of allylic oxidation sites excluding steroid dienone is 2. The number of aliphatic imine (C=N–C) groups is 1. The molecule has 0 saturated carbocycles. The number of halogens is 2. The largest absolute Gasteiger partial charge is 0.321 e. The van der Waals surface area contributed by atoms with Crippen molar-refractivity contribution in [1.82, 2.24) is 0 Å². The lowest BCUT2D eigenvalue weighted by molar-refractivity contribution is 0.0974. The van der Waals surface area contributed by atoms with Gasteiger partial charge >= 0.3 is 0 Å². The number of rotatable bonds is 0. The maximum absolute atomic E-state index is 13.2. The monoisotopic (exact) mass is 408 g/mol. The van der Waals surface area contributed by atoms with Gasteiger partial charge in [-0.3, -0.25) is 14.4 Å². The highest BCUT2D eigenvalue weighted by atomic mass is 35.5. The van der Waals surface area contributed by atoms with E-state index in [0.717, 1.165) is 0 Å². The molecule has 7 heteroatoms. The van der Waals surface area contributed by atoms with Gasteiger partial charge in [-0.1, -0.05) is 47.5 Å². The standard InChI is InChI=1S/C21H10Cl2N2O3/c22-8-5-11-17(13(23)6-8)25-18-12(19(11)26)7-14(24)15-16(18)21(28)10-4-2-1-3-9(10)20(15)27/h1-7,14H,24H2. The molecule has 2 aromatic rings. The predicted octanol–water partition coefficient (Wildman–Crippen LogP) is 3.91. The number of fused-ring (bicyclic) bond motifs is 4. The summed E-state index contributed by atoms with van der Waals surface area (Å²) < 4.78 is 0. The van der Waals surface area contributed by atoms with Crippen molar-refractivity contribution >= 4 is 52.0 Å². The Morgan fingerprint density at radius 2 is 1.57 bits per heavy atom. The first kappa shape index (κ1) is 17.3. The number of ketones is 3. The van der Waals surface area contributed by atoms with Crippen LogP contribution in [-0.4, -0.2) is 29.1 Å². The molecule has 5 nitrogen and oxygen atoms in total. The zero-order valence-electron chi connectivity index (χ0n) is 14.1. The van der Waals surface area contributed by atoms with Crippen molar-refractivity contribution in [3.8, 4) is 0 Å². The van der Waals surface area contributed by atoms with Crippen molar-refractivity contribution in [2.24, 2.45) is 10.7 Å². The molecule has 2 aromatic carbocycles. The third kappa shape index (κ3) is 2.18. The average molecular weight is 409 g/mol. The molecular formula is C21H10Cl2N2O3. The van der Waals surface area contributed by atoms with Crippen LogP contribution in [0.5, 0.6) is 0 Å². The van der Waals surface area contributed by atoms with Crippen molar-refractivity contribution in [3.05, 3.63) is 85.9 Å². The third-order valence-electron chi connectivity index (χ3n) is 5.07. The summed E-state index contributed by atoms with van der Waals surface area (Å²) in [5.74, 6) is -1.10. The molecule has 0 radical (unpaired) electrons. The molecule has 5 rings (SSSR count). The Morgan fingerprint density at radius 3 is 2.29 bits per heavy atom. The molecule has 0 fully saturated rings.